The number of carbonyl (C=O) groups is 2. The maximum Gasteiger partial charge on any atom is 0.315 e. The average molecular weight is 479 g/mol. The molecule has 1 aliphatic heterocycles. The number of nitrogens with one attached hydrogen (secondary N) is 3. The minimum atomic E-state index is -0.0896. The Bertz CT molecular complexity index is 1070. The van der Waals surface area contributed by atoms with Crippen molar-refractivity contribution < 1.29 is 14.3 Å². The number of hydrogen-bond donors (Lipinski definition) is 3. The van der Waals surface area contributed by atoms with Gasteiger partial charge in [-0.05, 0) is 98.8 Å². The first-order valence-electron chi connectivity index (χ1n) is 13.5. The molecule has 1 aromatic carbocycles. The van der Waals surface area contributed by atoms with Gasteiger partial charge in [0.25, 0.3) is 0 Å². The Balaban J connectivity index is 0.962. The first-order chi connectivity index (χ1) is 17.0. The topological polar surface area (TPSA) is 86.5 Å². The molecule has 0 atom stereocenters. The molecule has 5 aliphatic rings. The Kier molecular flexibility index (Phi) is 5.89. The van der Waals surface area contributed by atoms with Crippen LogP contribution >= 0.6 is 0 Å². The molecule has 35 heavy (non-hydrogen) atoms. The van der Waals surface area contributed by atoms with E-state index in [0.717, 1.165) is 74.2 Å². The standard InChI is InChI=1S/C28H38N4O3/c1-35-22-2-3-25-23(13-22)24(17-30-25)21-5-8-32(9-6-21)26(33)4-7-29-27(34)31-28-14-18-10-19(15-28)12-20(11-18)16-28/h2-3,13,17-21,30H,4-12,14-16H2,1H3,(H2,29,31,34). The summed E-state index contributed by atoms with van der Waals surface area (Å²) in [5.41, 5.74) is 2.45. The summed E-state index contributed by atoms with van der Waals surface area (Å²) < 4.78 is 5.40. The molecule has 7 rings (SSSR count). The summed E-state index contributed by atoms with van der Waals surface area (Å²) in [5, 5.41) is 7.52. The third-order valence-corrected chi connectivity index (χ3v) is 9.25. The molecule has 4 saturated carbocycles. The van der Waals surface area contributed by atoms with E-state index in [9.17, 15) is 9.59 Å². The second-order valence-corrected chi connectivity index (χ2v) is 11.6. The number of urea groups is 1. The Hall–Kier alpha value is -2.70. The normalized spacial score (nSPS) is 30.0. The lowest BCUT2D eigenvalue weighted by atomic mass is 9.53. The van der Waals surface area contributed by atoms with Crippen molar-refractivity contribution in [1.29, 1.82) is 0 Å². The minimum absolute atomic E-state index is 0.0111. The number of benzene rings is 1. The molecule has 5 fully saturated rings. The number of aromatic nitrogens is 1. The summed E-state index contributed by atoms with van der Waals surface area (Å²) in [5.74, 6) is 3.85. The molecule has 7 heteroatoms. The molecule has 2 heterocycles. The number of amides is 3. The molecule has 1 saturated heterocycles. The smallest absolute Gasteiger partial charge is 0.315 e. The van der Waals surface area contributed by atoms with Crippen LogP contribution in [-0.2, 0) is 4.79 Å². The van der Waals surface area contributed by atoms with Gasteiger partial charge in [-0.2, -0.15) is 0 Å². The quantitative estimate of drug-likeness (QED) is 0.570. The van der Waals surface area contributed by atoms with Crippen molar-refractivity contribution in [2.45, 2.75) is 69.2 Å². The number of aromatic amines is 1. The van der Waals surface area contributed by atoms with Gasteiger partial charge >= 0.3 is 6.03 Å². The summed E-state index contributed by atoms with van der Waals surface area (Å²) in [7, 11) is 1.69. The molecule has 1 aromatic heterocycles. The van der Waals surface area contributed by atoms with E-state index >= 15 is 0 Å². The van der Waals surface area contributed by atoms with Gasteiger partial charge in [-0.3, -0.25) is 4.79 Å². The largest absolute Gasteiger partial charge is 0.497 e. The second-order valence-electron chi connectivity index (χ2n) is 11.6. The van der Waals surface area contributed by atoms with E-state index in [1.54, 1.807) is 7.11 Å². The third kappa shape index (κ3) is 4.50. The van der Waals surface area contributed by atoms with E-state index in [1.807, 2.05) is 11.0 Å². The van der Waals surface area contributed by atoms with Crippen LogP contribution in [0.3, 0.4) is 0 Å². The fourth-order valence-corrected chi connectivity index (χ4v) is 8.02. The summed E-state index contributed by atoms with van der Waals surface area (Å²) in [6, 6.07) is 6.04. The molecule has 0 radical (unpaired) electrons. The van der Waals surface area contributed by atoms with Crippen LogP contribution in [0.15, 0.2) is 24.4 Å². The monoisotopic (exact) mass is 478 g/mol. The zero-order valence-electron chi connectivity index (χ0n) is 20.8. The summed E-state index contributed by atoms with van der Waals surface area (Å²) >= 11 is 0. The lowest BCUT2D eigenvalue weighted by Gasteiger charge is -2.56. The number of methoxy groups -OCH3 is 1. The fourth-order valence-electron chi connectivity index (χ4n) is 8.02. The van der Waals surface area contributed by atoms with Crippen LogP contribution in [0.5, 0.6) is 5.75 Å². The number of carbonyl (C=O) groups excluding carboxylic acids is 2. The molecule has 188 valence electrons. The van der Waals surface area contributed by atoms with Crippen LogP contribution in [0.1, 0.15) is 69.3 Å². The van der Waals surface area contributed by atoms with Crippen LogP contribution in [0.25, 0.3) is 10.9 Å². The lowest BCUT2D eigenvalue weighted by Crippen LogP contribution is -2.61. The zero-order chi connectivity index (χ0) is 24.0. The second kappa shape index (κ2) is 9.07. The predicted octanol–water partition coefficient (Wildman–Crippen LogP) is 4.54. The molecule has 7 nitrogen and oxygen atoms in total. The number of rotatable bonds is 6. The Labute approximate surface area is 207 Å². The Morgan fingerprint density at radius 2 is 1.77 bits per heavy atom. The van der Waals surface area contributed by atoms with Crippen LogP contribution in [0.4, 0.5) is 4.79 Å². The maximum atomic E-state index is 12.8. The van der Waals surface area contributed by atoms with Crippen LogP contribution < -0.4 is 15.4 Å². The number of fused-ring (bicyclic) bond motifs is 1. The third-order valence-electron chi connectivity index (χ3n) is 9.25. The van der Waals surface area contributed by atoms with Gasteiger partial charge in [0.2, 0.25) is 5.91 Å². The summed E-state index contributed by atoms with van der Waals surface area (Å²) in [4.78, 5) is 30.8. The number of likely N-dealkylation sites (tertiary alicyclic amines) is 1. The molecular weight excluding hydrogens is 440 g/mol. The number of ether oxygens (including phenoxy) is 1. The number of piperidine rings is 1. The van der Waals surface area contributed by atoms with Crippen molar-refractivity contribution in [3.63, 3.8) is 0 Å². The highest BCUT2D eigenvalue weighted by molar-refractivity contribution is 5.85. The Morgan fingerprint density at radius 1 is 1.09 bits per heavy atom. The molecule has 3 amide bonds. The van der Waals surface area contributed by atoms with E-state index in [0.29, 0.717) is 18.9 Å². The van der Waals surface area contributed by atoms with Gasteiger partial charge in [0.15, 0.2) is 0 Å². The Morgan fingerprint density at radius 3 is 2.43 bits per heavy atom. The number of nitrogens with zero attached hydrogens (tertiary/aromatic N) is 1. The highest BCUT2D eigenvalue weighted by atomic mass is 16.5. The summed E-state index contributed by atoms with van der Waals surface area (Å²) in [6.07, 6.45) is 11.9. The van der Waals surface area contributed by atoms with Crippen molar-refractivity contribution in [2.24, 2.45) is 17.8 Å². The molecule has 2 aromatic rings. The van der Waals surface area contributed by atoms with Crippen molar-refractivity contribution >= 4 is 22.8 Å². The average Bonchev–Trinajstić information content (AvgIpc) is 3.26. The molecule has 0 spiro atoms. The predicted molar refractivity (Wildman–Crippen MR) is 135 cm³/mol. The van der Waals surface area contributed by atoms with E-state index in [1.165, 1.54) is 30.2 Å². The van der Waals surface area contributed by atoms with Gasteiger partial charge in [-0.15, -0.1) is 0 Å². The molecule has 0 unspecified atom stereocenters. The van der Waals surface area contributed by atoms with Crippen molar-refractivity contribution in [1.82, 2.24) is 20.5 Å². The summed E-state index contributed by atoms with van der Waals surface area (Å²) in [6.45, 7) is 1.93. The van der Waals surface area contributed by atoms with Crippen LogP contribution in [0.2, 0.25) is 0 Å². The zero-order valence-corrected chi connectivity index (χ0v) is 20.8. The van der Waals surface area contributed by atoms with E-state index in [4.69, 9.17) is 4.74 Å². The van der Waals surface area contributed by atoms with Gasteiger partial charge in [0.05, 0.1) is 7.11 Å². The van der Waals surface area contributed by atoms with E-state index in [2.05, 4.69) is 33.9 Å². The first kappa shape index (κ1) is 22.7. The van der Waals surface area contributed by atoms with Crippen LogP contribution in [0, 0.1) is 17.8 Å². The molecule has 4 bridgehead atoms. The highest BCUT2D eigenvalue weighted by Gasteiger charge is 2.51. The van der Waals surface area contributed by atoms with Gasteiger partial charge in [0, 0.05) is 48.7 Å². The van der Waals surface area contributed by atoms with E-state index in [-0.39, 0.29) is 17.5 Å². The fraction of sp³-hybridized carbons (Fsp3) is 0.643. The van der Waals surface area contributed by atoms with Crippen molar-refractivity contribution in [2.75, 3.05) is 26.7 Å². The highest BCUT2D eigenvalue weighted by Crippen LogP contribution is 2.55. The van der Waals surface area contributed by atoms with Gasteiger partial charge in [0.1, 0.15) is 5.75 Å². The molecule has 4 aliphatic carbocycles. The van der Waals surface area contributed by atoms with Crippen molar-refractivity contribution in [3.05, 3.63) is 30.0 Å². The maximum absolute atomic E-state index is 12.8. The number of H-pyrrole nitrogens is 1. The van der Waals surface area contributed by atoms with Gasteiger partial charge in [-0.25, -0.2) is 4.79 Å². The van der Waals surface area contributed by atoms with E-state index < -0.39 is 0 Å². The number of hydrogen-bond acceptors (Lipinski definition) is 3. The molecular formula is C28H38N4O3. The van der Waals surface area contributed by atoms with Gasteiger partial charge in [-0.1, -0.05) is 0 Å². The molecule has 3 N–H and O–H groups in total. The van der Waals surface area contributed by atoms with Crippen LogP contribution in [-0.4, -0.2) is 54.1 Å². The SMILES string of the molecule is COc1ccc2[nH]cc(C3CCN(C(=O)CCNC(=O)NC45CC6CC(CC(C6)C4)C5)CC3)c2c1. The van der Waals surface area contributed by atoms with Crippen molar-refractivity contribution in [3.8, 4) is 5.75 Å². The lowest BCUT2D eigenvalue weighted by molar-refractivity contribution is -0.132. The van der Waals surface area contributed by atoms with Gasteiger partial charge < -0.3 is 25.3 Å². The first-order valence-corrected chi connectivity index (χ1v) is 13.5. The minimum Gasteiger partial charge on any atom is -0.497 e.